The summed E-state index contributed by atoms with van der Waals surface area (Å²) in [4.78, 5) is 0. The molecule has 0 aromatic carbocycles. The van der Waals surface area contributed by atoms with Crippen LogP contribution in [0.2, 0.25) is 19.1 Å². The third-order valence-electron chi connectivity index (χ3n) is 1.94. The maximum Gasteiger partial charge on any atom is 3.00 e. The third kappa shape index (κ3) is 9.03. The second-order valence-electron chi connectivity index (χ2n) is 4.41. The standard InChI is InChI=1S/C11H19OSi.2ClH.Ti/c1-10(2)12-13(3,4)9-11-7-5-6-8-11;;;/h5,7,10H,6,9H2,1-4H3;2*1H;/q-1;;;+3/p-2. The number of halogens is 2. The average molecular weight is 314 g/mol. The molecule has 0 atom stereocenters. The number of allylic oxidation sites excluding steroid dienone is 4. The molecule has 91 valence electrons. The zero-order chi connectivity index (χ0) is 9.90. The molecule has 0 aromatic rings. The first kappa shape index (κ1) is 22.2. The molecule has 5 heteroatoms. The molecule has 1 rings (SSSR count). The molecule has 0 amide bonds. The molecule has 0 aliphatic heterocycles. The Balaban J connectivity index is -0.000000563. The maximum atomic E-state index is 5.94. The SMILES string of the molecule is CC(C)O[Si](C)(C)CC1=[C-]CC=C1.[Cl-].[Cl-].[Ti+3]. The van der Waals surface area contributed by atoms with Crippen molar-refractivity contribution in [2.45, 2.75) is 45.5 Å². The van der Waals surface area contributed by atoms with Gasteiger partial charge in [-0.3, -0.25) is 6.08 Å². The van der Waals surface area contributed by atoms with Crippen LogP contribution in [-0.2, 0) is 26.1 Å². The molecule has 0 unspecified atom stereocenters. The quantitative estimate of drug-likeness (QED) is 0.406. The second kappa shape index (κ2) is 9.93. The van der Waals surface area contributed by atoms with E-state index in [1.54, 1.807) is 0 Å². The van der Waals surface area contributed by atoms with Gasteiger partial charge in [0, 0.05) is 6.10 Å². The fraction of sp³-hybridized carbons (Fsp3) is 0.636. The van der Waals surface area contributed by atoms with Gasteiger partial charge in [0.25, 0.3) is 0 Å². The van der Waals surface area contributed by atoms with Gasteiger partial charge < -0.3 is 29.2 Å². The van der Waals surface area contributed by atoms with Gasteiger partial charge in [-0.25, -0.2) is 11.6 Å². The smallest absolute Gasteiger partial charge is 1.00 e. The van der Waals surface area contributed by atoms with E-state index in [2.05, 4.69) is 45.2 Å². The zero-order valence-corrected chi connectivity index (χ0v) is 14.4. The molecule has 1 aliphatic carbocycles. The van der Waals surface area contributed by atoms with Gasteiger partial charge in [-0.1, -0.05) is 0 Å². The van der Waals surface area contributed by atoms with E-state index in [4.69, 9.17) is 4.43 Å². The summed E-state index contributed by atoms with van der Waals surface area (Å²) in [6, 6.07) is 1.10. The Kier molecular flexibility index (Phi) is 13.8. The van der Waals surface area contributed by atoms with E-state index in [0.717, 1.165) is 12.5 Å². The second-order valence-corrected chi connectivity index (χ2v) is 8.52. The molecular weight excluding hydrogens is 295 g/mol. The molecule has 1 radical (unpaired) electrons. The van der Waals surface area contributed by atoms with Crippen LogP contribution >= 0.6 is 0 Å². The molecule has 0 fully saturated rings. The van der Waals surface area contributed by atoms with E-state index in [1.165, 1.54) is 5.57 Å². The van der Waals surface area contributed by atoms with Crippen LogP contribution in [0.3, 0.4) is 0 Å². The summed E-state index contributed by atoms with van der Waals surface area (Å²) in [6.45, 7) is 8.76. The molecule has 0 saturated heterocycles. The Morgan fingerprint density at radius 3 is 2.31 bits per heavy atom. The molecule has 16 heavy (non-hydrogen) atoms. The average Bonchev–Trinajstić information content (AvgIpc) is 2.34. The Labute approximate surface area is 128 Å². The molecule has 0 heterocycles. The molecule has 1 nitrogen and oxygen atoms in total. The number of rotatable bonds is 4. The number of hydrogen-bond acceptors (Lipinski definition) is 1. The molecular formula is C11H19Cl2OSiTi. The van der Waals surface area contributed by atoms with Crippen LogP contribution < -0.4 is 24.8 Å². The van der Waals surface area contributed by atoms with Crippen LogP contribution in [0, 0.1) is 6.08 Å². The molecule has 1 aliphatic rings. The maximum absolute atomic E-state index is 5.94. The summed E-state index contributed by atoms with van der Waals surface area (Å²) in [5, 5.41) is 0. The Bertz CT molecular complexity index is 240. The van der Waals surface area contributed by atoms with E-state index >= 15 is 0 Å². The van der Waals surface area contributed by atoms with Gasteiger partial charge in [-0.05, 0) is 33.0 Å². The molecule has 0 aromatic heterocycles. The van der Waals surface area contributed by atoms with E-state index in [-0.39, 0.29) is 46.5 Å². The van der Waals surface area contributed by atoms with Gasteiger partial charge in [0.1, 0.15) is 0 Å². The van der Waals surface area contributed by atoms with E-state index in [0.29, 0.717) is 6.10 Å². The minimum atomic E-state index is -1.48. The van der Waals surface area contributed by atoms with Crippen molar-refractivity contribution in [2.75, 3.05) is 0 Å². The predicted molar refractivity (Wildman–Crippen MR) is 59.0 cm³/mol. The van der Waals surface area contributed by atoms with Crippen molar-refractivity contribution in [1.82, 2.24) is 0 Å². The molecule has 0 bridgehead atoms. The first-order chi connectivity index (χ1) is 5.99. The molecule has 0 N–H and O–H groups in total. The van der Waals surface area contributed by atoms with Crippen molar-refractivity contribution in [3.05, 3.63) is 23.8 Å². The summed E-state index contributed by atoms with van der Waals surface area (Å²) < 4.78 is 5.94. The van der Waals surface area contributed by atoms with E-state index in [9.17, 15) is 0 Å². The van der Waals surface area contributed by atoms with Gasteiger partial charge in [0.2, 0.25) is 0 Å². The van der Waals surface area contributed by atoms with Crippen LogP contribution in [0.1, 0.15) is 20.3 Å². The Hall–Kier alpha value is 0.951. The van der Waals surface area contributed by atoms with Crippen LogP contribution in [-0.4, -0.2) is 14.4 Å². The van der Waals surface area contributed by atoms with E-state index < -0.39 is 8.32 Å². The summed E-state index contributed by atoms with van der Waals surface area (Å²) >= 11 is 0. The monoisotopic (exact) mass is 313 g/mol. The largest absolute Gasteiger partial charge is 3.00 e. The molecule has 0 saturated carbocycles. The summed E-state index contributed by atoms with van der Waals surface area (Å²) in [6.07, 6.45) is 9.03. The zero-order valence-electron chi connectivity index (χ0n) is 10.3. The molecule has 0 spiro atoms. The van der Waals surface area contributed by atoms with Gasteiger partial charge in [-0.2, -0.15) is 6.08 Å². The van der Waals surface area contributed by atoms with Gasteiger partial charge in [0.15, 0.2) is 8.32 Å². The van der Waals surface area contributed by atoms with Crippen molar-refractivity contribution in [3.8, 4) is 0 Å². The third-order valence-corrected chi connectivity index (χ3v) is 4.28. The Morgan fingerprint density at radius 2 is 1.94 bits per heavy atom. The van der Waals surface area contributed by atoms with Crippen molar-refractivity contribution < 1.29 is 51.0 Å². The van der Waals surface area contributed by atoms with Crippen molar-refractivity contribution in [3.63, 3.8) is 0 Å². The first-order valence-electron chi connectivity index (χ1n) is 4.94. The fourth-order valence-electron chi connectivity index (χ4n) is 1.71. The van der Waals surface area contributed by atoms with Gasteiger partial charge in [0.05, 0.1) is 0 Å². The van der Waals surface area contributed by atoms with Crippen LogP contribution in [0.15, 0.2) is 17.7 Å². The van der Waals surface area contributed by atoms with Gasteiger partial charge >= 0.3 is 21.7 Å². The summed E-state index contributed by atoms with van der Waals surface area (Å²) in [5.74, 6) is 0. The predicted octanol–water partition coefficient (Wildman–Crippen LogP) is -2.69. The van der Waals surface area contributed by atoms with Crippen LogP contribution in [0.25, 0.3) is 0 Å². The Morgan fingerprint density at radius 1 is 1.38 bits per heavy atom. The fourth-order valence-corrected chi connectivity index (χ4v) is 4.23. The first-order valence-corrected chi connectivity index (χ1v) is 8.05. The summed E-state index contributed by atoms with van der Waals surface area (Å²) in [7, 11) is -1.48. The minimum absolute atomic E-state index is 0. The van der Waals surface area contributed by atoms with Gasteiger partial charge in [-0.15, -0.1) is 6.42 Å². The topological polar surface area (TPSA) is 9.23 Å². The minimum Gasteiger partial charge on any atom is -1.00 e. The number of hydrogen-bond donors (Lipinski definition) is 0. The normalized spacial score (nSPS) is 13.7. The van der Waals surface area contributed by atoms with Crippen molar-refractivity contribution >= 4 is 8.32 Å². The van der Waals surface area contributed by atoms with Crippen molar-refractivity contribution in [1.29, 1.82) is 0 Å². The summed E-state index contributed by atoms with van der Waals surface area (Å²) in [5.41, 5.74) is 1.34. The van der Waals surface area contributed by atoms with Crippen molar-refractivity contribution in [2.24, 2.45) is 0 Å². The van der Waals surface area contributed by atoms with Crippen LogP contribution in [0.5, 0.6) is 0 Å². The van der Waals surface area contributed by atoms with E-state index in [1.807, 2.05) is 0 Å². The van der Waals surface area contributed by atoms with Crippen LogP contribution in [0.4, 0.5) is 0 Å².